The Bertz CT molecular complexity index is 1080. The van der Waals surface area contributed by atoms with Crippen LogP contribution in [0.5, 0.6) is 0 Å². The molecule has 1 aromatic heterocycles. The second kappa shape index (κ2) is 8.48. The van der Waals surface area contributed by atoms with Crippen LogP contribution in [-0.2, 0) is 4.79 Å². The zero-order valence-corrected chi connectivity index (χ0v) is 16.9. The molecule has 0 saturated heterocycles. The third-order valence-electron chi connectivity index (χ3n) is 4.41. The fraction of sp³-hybridized carbons (Fsp3) is 0.190. The molecule has 0 bridgehead atoms. The quantitative estimate of drug-likeness (QED) is 0.664. The molecule has 0 aliphatic carbocycles. The average Bonchev–Trinajstić information content (AvgIpc) is 3.17. The molecule has 0 radical (unpaired) electrons. The number of benzene rings is 2. The molecule has 150 valence electrons. The molecule has 2 aromatic carbocycles. The molecule has 3 aromatic rings. The molecular weight excluding hydrogens is 396 g/mol. The predicted molar refractivity (Wildman–Crippen MR) is 108 cm³/mol. The lowest BCUT2D eigenvalue weighted by molar-refractivity contribution is -0.122. The van der Waals surface area contributed by atoms with Gasteiger partial charge >= 0.3 is 0 Å². The van der Waals surface area contributed by atoms with Crippen LogP contribution in [0.15, 0.2) is 41.8 Å². The SMILES string of the molecule is CNC(=O)C(NC(=O)c1csc(-c2ccc(C)cc2C)n1)c1ccc(F)c(F)c1. The van der Waals surface area contributed by atoms with E-state index >= 15 is 0 Å². The van der Waals surface area contributed by atoms with Gasteiger partial charge in [0.25, 0.3) is 5.91 Å². The molecule has 0 aliphatic rings. The Hall–Kier alpha value is -3.13. The van der Waals surface area contributed by atoms with Crippen LogP contribution in [0.3, 0.4) is 0 Å². The van der Waals surface area contributed by atoms with Crippen molar-refractivity contribution in [2.24, 2.45) is 0 Å². The maximum absolute atomic E-state index is 13.6. The Morgan fingerprint density at radius 2 is 1.83 bits per heavy atom. The van der Waals surface area contributed by atoms with E-state index in [1.165, 1.54) is 24.5 Å². The lowest BCUT2D eigenvalue weighted by Crippen LogP contribution is -2.39. The van der Waals surface area contributed by atoms with Gasteiger partial charge in [-0.2, -0.15) is 0 Å². The first kappa shape index (κ1) is 20.6. The van der Waals surface area contributed by atoms with E-state index in [1.807, 2.05) is 32.0 Å². The summed E-state index contributed by atoms with van der Waals surface area (Å²) in [6, 6.07) is 7.80. The van der Waals surface area contributed by atoms with Crippen molar-refractivity contribution in [2.75, 3.05) is 7.05 Å². The third-order valence-corrected chi connectivity index (χ3v) is 5.29. The van der Waals surface area contributed by atoms with Crippen molar-refractivity contribution in [2.45, 2.75) is 19.9 Å². The Morgan fingerprint density at radius 3 is 2.48 bits per heavy atom. The molecule has 1 unspecified atom stereocenters. The van der Waals surface area contributed by atoms with Gasteiger partial charge in [-0.25, -0.2) is 13.8 Å². The summed E-state index contributed by atoms with van der Waals surface area (Å²) in [6.07, 6.45) is 0. The van der Waals surface area contributed by atoms with Crippen molar-refractivity contribution in [3.63, 3.8) is 0 Å². The summed E-state index contributed by atoms with van der Waals surface area (Å²) in [5.74, 6) is -3.28. The number of nitrogens with zero attached hydrogens (tertiary/aromatic N) is 1. The fourth-order valence-electron chi connectivity index (χ4n) is 2.90. The zero-order chi connectivity index (χ0) is 21.1. The van der Waals surface area contributed by atoms with E-state index in [0.29, 0.717) is 5.01 Å². The zero-order valence-electron chi connectivity index (χ0n) is 16.0. The smallest absolute Gasteiger partial charge is 0.271 e. The van der Waals surface area contributed by atoms with Crippen LogP contribution >= 0.6 is 11.3 Å². The van der Waals surface area contributed by atoms with Crippen molar-refractivity contribution in [1.29, 1.82) is 0 Å². The number of likely N-dealkylation sites (N-methyl/N-ethyl adjacent to an activating group) is 1. The number of aromatic nitrogens is 1. The van der Waals surface area contributed by atoms with E-state index in [-0.39, 0.29) is 11.3 Å². The average molecular weight is 415 g/mol. The number of rotatable bonds is 5. The Kier molecular flexibility index (Phi) is 6.03. The van der Waals surface area contributed by atoms with E-state index in [1.54, 1.807) is 5.38 Å². The second-order valence-corrected chi connectivity index (χ2v) is 7.41. The minimum Gasteiger partial charge on any atom is -0.357 e. The molecule has 1 heterocycles. The first-order chi connectivity index (χ1) is 13.8. The largest absolute Gasteiger partial charge is 0.357 e. The van der Waals surface area contributed by atoms with Gasteiger partial charge in [0.05, 0.1) is 0 Å². The van der Waals surface area contributed by atoms with Gasteiger partial charge in [-0.05, 0) is 37.1 Å². The van der Waals surface area contributed by atoms with Crippen LogP contribution in [0.1, 0.15) is 33.2 Å². The molecular formula is C21H19F2N3O2S. The minimum absolute atomic E-state index is 0.126. The van der Waals surface area contributed by atoms with E-state index in [0.717, 1.165) is 28.8 Å². The summed E-state index contributed by atoms with van der Waals surface area (Å²) in [5.41, 5.74) is 3.35. The van der Waals surface area contributed by atoms with Crippen LogP contribution in [0.4, 0.5) is 8.78 Å². The summed E-state index contributed by atoms with van der Waals surface area (Å²) < 4.78 is 26.8. The predicted octanol–water partition coefficient (Wildman–Crippen LogP) is 3.92. The first-order valence-corrected chi connectivity index (χ1v) is 9.68. The van der Waals surface area contributed by atoms with Crippen molar-refractivity contribution < 1.29 is 18.4 Å². The molecule has 3 rings (SSSR count). The van der Waals surface area contributed by atoms with Crippen LogP contribution < -0.4 is 10.6 Å². The number of nitrogens with one attached hydrogen (secondary N) is 2. The third kappa shape index (κ3) is 4.48. The monoisotopic (exact) mass is 415 g/mol. The van der Waals surface area contributed by atoms with Gasteiger partial charge in [0, 0.05) is 18.0 Å². The van der Waals surface area contributed by atoms with Crippen molar-refractivity contribution in [1.82, 2.24) is 15.6 Å². The summed E-state index contributed by atoms with van der Waals surface area (Å²) in [4.78, 5) is 29.3. The van der Waals surface area contributed by atoms with Gasteiger partial charge in [0.15, 0.2) is 11.6 Å². The van der Waals surface area contributed by atoms with E-state index in [2.05, 4.69) is 15.6 Å². The molecule has 0 aliphatic heterocycles. The number of amides is 2. The molecule has 5 nitrogen and oxygen atoms in total. The highest BCUT2D eigenvalue weighted by atomic mass is 32.1. The highest BCUT2D eigenvalue weighted by molar-refractivity contribution is 7.13. The summed E-state index contributed by atoms with van der Waals surface area (Å²) in [5, 5.41) is 7.22. The number of hydrogen-bond donors (Lipinski definition) is 2. The molecule has 0 saturated carbocycles. The Labute approximate surface area is 170 Å². The molecule has 1 atom stereocenters. The number of carbonyl (C=O) groups is 2. The topological polar surface area (TPSA) is 71.1 Å². The maximum Gasteiger partial charge on any atom is 0.271 e. The summed E-state index contributed by atoms with van der Waals surface area (Å²) >= 11 is 1.31. The minimum atomic E-state index is -1.19. The number of halogens is 2. The molecule has 0 spiro atoms. The maximum atomic E-state index is 13.6. The molecule has 2 amide bonds. The van der Waals surface area contributed by atoms with E-state index in [4.69, 9.17) is 0 Å². The van der Waals surface area contributed by atoms with Crippen LogP contribution in [0, 0.1) is 25.5 Å². The van der Waals surface area contributed by atoms with Gasteiger partial charge in [0.2, 0.25) is 5.91 Å². The Balaban J connectivity index is 1.86. The lowest BCUT2D eigenvalue weighted by Gasteiger charge is -2.17. The standard InChI is InChI=1S/C21H19F2N3O2S/c1-11-4-6-14(12(2)8-11)21-25-17(10-29-21)19(27)26-18(20(28)24-3)13-5-7-15(22)16(23)9-13/h4-10,18H,1-3H3,(H,24,28)(H,26,27). The molecule has 8 heteroatoms. The van der Waals surface area contributed by atoms with Gasteiger partial charge in [0.1, 0.15) is 16.7 Å². The van der Waals surface area contributed by atoms with Crippen molar-refractivity contribution in [3.8, 4) is 10.6 Å². The number of hydrogen-bond acceptors (Lipinski definition) is 4. The molecule has 0 fully saturated rings. The van der Waals surface area contributed by atoms with Gasteiger partial charge in [-0.1, -0.05) is 29.8 Å². The number of aryl methyl sites for hydroxylation is 2. The van der Waals surface area contributed by atoms with Crippen molar-refractivity contribution in [3.05, 3.63) is 75.8 Å². The molecule has 29 heavy (non-hydrogen) atoms. The van der Waals surface area contributed by atoms with Gasteiger partial charge < -0.3 is 10.6 Å². The molecule has 2 N–H and O–H groups in total. The van der Waals surface area contributed by atoms with E-state index < -0.39 is 29.5 Å². The fourth-order valence-corrected chi connectivity index (χ4v) is 3.79. The summed E-state index contributed by atoms with van der Waals surface area (Å²) in [6.45, 7) is 3.96. The Morgan fingerprint density at radius 1 is 1.07 bits per heavy atom. The number of thiazole rings is 1. The second-order valence-electron chi connectivity index (χ2n) is 6.55. The van der Waals surface area contributed by atoms with Gasteiger partial charge in [-0.3, -0.25) is 9.59 Å². The van der Waals surface area contributed by atoms with Gasteiger partial charge in [-0.15, -0.1) is 11.3 Å². The normalized spacial score (nSPS) is 11.8. The van der Waals surface area contributed by atoms with Crippen LogP contribution in [0.2, 0.25) is 0 Å². The highest BCUT2D eigenvalue weighted by Crippen LogP contribution is 2.28. The van der Waals surface area contributed by atoms with Crippen LogP contribution in [0.25, 0.3) is 10.6 Å². The van der Waals surface area contributed by atoms with Crippen LogP contribution in [-0.4, -0.2) is 23.8 Å². The van der Waals surface area contributed by atoms with Crippen molar-refractivity contribution >= 4 is 23.2 Å². The van der Waals surface area contributed by atoms with E-state index in [9.17, 15) is 18.4 Å². The first-order valence-electron chi connectivity index (χ1n) is 8.80. The summed E-state index contributed by atoms with van der Waals surface area (Å²) in [7, 11) is 1.39. The number of carbonyl (C=O) groups excluding carboxylic acids is 2. The lowest BCUT2D eigenvalue weighted by atomic mass is 10.1. The highest BCUT2D eigenvalue weighted by Gasteiger charge is 2.25.